The van der Waals surface area contributed by atoms with Crippen LogP contribution in [0.15, 0.2) is 0 Å². The van der Waals surface area contributed by atoms with Crippen LogP contribution in [0.4, 0.5) is 0 Å². The molecule has 0 aliphatic rings. The molecule has 1 radical (unpaired) electrons. The van der Waals surface area contributed by atoms with Gasteiger partial charge in [0.05, 0.1) is 0 Å². The molecule has 0 rings (SSSR count). The first-order chi connectivity index (χ1) is 4.72. The molecule has 61 valence electrons. The Morgan fingerprint density at radius 2 is 2.10 bits per heavy atom. The Kier molecular flexibility index (Phi) is 5.58. The third-order valence-electron chi connectivity index (χ3n) is 1.33. The average Bonchev–Trinajstić information content (AvgIpc) is 1.87. The lowest BCUT2D eigenvalue weighted by Gasteiger charge is -2.22. The Hall–Kier alpha value is -0.120. The van der Waals surface area contributed by atoms with Gasteiger partial charge in [-0.3, -0.25) is 10.6 Å². The van der Waals surface area contributed by atoms with Gasteiger partial charge in [-0.25, -0.2) is 0 Å². The first-order valence-corrected chi connectivity index (χ1v) is 3.65. The molecule has 3 nitrogen and oxygen atoms in total. The van der Waals surface area contributed by atoms with Crippen LogP contribution in [0.1, 0.15) is 13.3 Å². The third kappa shape index (κ3) is 3.82. The number of rotatable bonds is 5. The van der Waals surface area contributed by atoms with Crippen molar-refractivity contribution in [2.75, 3.05) is 27.2 Å². The summed E-state index contributed by atoms with van der Waals surface area (Å²) in [6.07, 6.45) is 0.920. The molecular formula is C7H17N2O. The van der Waals surface area contributed by atoms with Crippen molar-refractivity contribution in [3.05, 3.63) is 0 Å². The van der Waals surface area contributed by atoms with Crippen LogP contribution in [-0.2, 0) is 4.74 Å². The standard InChI is InChI=1S/C7H17N2O/c1-4-10-7(5-6-8)9(2)3/h7-8H,4-6H2,1-3H3. The van der Waals surface area contributed by atoms with Crippen molar-refractivity contribution >= 4 is 0 Å². The largest absolute Gasteiger partial charge is 0.363 e. The van der Waals surface area contributed by atoms with Gasteiger partial charge >= 0.3 is 0 Å². The van der Waals surface area contributed by atoms with Crippen molar-refractivity contribution in [2.24, 2.45) is 0 Å². The summed E-state index contributed by atoms with van der Waals surface area (Å²) in [5.41, 5.74) is 7.00. The van der Waals surface area contributed by atoms with Gasteiger partial charge in [-0.15, -0.1) is 0 Å². The van der Waals surface area contributed by atoms with Crippen LogP contribution in [0.25, 0.3) is 0 Å². The molecule has 0 amide bonds. The minimum atomic E-state index is 0.127. The topological polar surface area (TPSA) is 36.3 Å². The molecule has 0 aromatic carbocycles. The van der Waals surface area contributed by atoms with Gasteiger partial charge in [-0.05, 0) is 21.0 Å². The van der Waals surface area contributed by atoms with Gasteiger partial charge in [0, 0.05) is 19.6 Å². The molecule has 0 aromatic rings. The van der Waals surface area contributed by atoms with E-state index in [0.29, 0.717) is 6.54 Å². The Bertz CT molecular complexity index is 70.0. The molecule has 0 aromatic heterocycles. The molecular weight excluding hydrogens is 128 g/mol. The van der Waals surface area contributed by atoms with Crippen molar-refractivity contribution in [1.82, 2.24) is 10.6 Å². The van der Waals surface area contributed by atoms with E-state index in [2.05, 4.69) is 0 Å². The van der Waals surface area contributed by atoms with E-state index >= 15 is 0 Å². The molecule has 0 saturated carbocycles. The van der Waals surface area contributed by atoms with Gasteiger partial charge in [0.15, 0.2) is 0 Å². The summed E-state index contributed by atoms with van der Waals surface area (Å²) in [7, 11) is 3.94. The van der Waals surface area contributed by atoms with Gasteiger partial charge < -0.3 is 4.74 Å². The molecule has 0 saturated heterocycles. The third-order valence-corrected chi connectivity index (χ3v) is 1.33. The van der Waals surface area contributed by atoms with E-state index in [-0.39, 0.29) is 6.23 Å². The Morgan fingerprint density at radius 1 is 1.50 bits per heavy atom. The second-order valence-electron chi connectivity index (χ2n) is 2.41. The maximum atomic E-state index is 7.00. The average molecular weight is 145 g/mol. The van der Waals surface area contributed by atoms with Crippen molar-refractivity contribution in [3.63, 3.8) is 0 Å². The zero-order valence-corrected chi connectivity index (χ0v) is 7.05. The van der Waals surface area contributed by atoms with Crippen molar-refractivity contribution in [3.8, 4) is 0 Å². The minimum absolute atomic E-state index is 0.127. The second kappa shape index (κ2) is 5.65. The molecule has 1 N–H and O–H groups in total. The van der Waals surface area contributed by atoms with Crippen LogP contribution in [0.3, 0.4) is 0 Å². The summed E-state index contributed by atoms with van der Waals surface area (Å²) < 4.78 is 5.35. The fraction of sp³-hybridized carbons (Fsp3) is 1.00. The van der Waals surface area contributed by atoms with Crippen LogP contribution < -0.4 is 5.73 Å². The van der Waals surface area contributed by atoms with Gasteiger partial charge in [0.1, 0.15) is 6.23 Å². The molecule has 0 aliphatic carbocycles. The zero-order chi connectivity index (χ0) is 7.98. The van der Waals surface area contributed by atoms with Crippen molar-refractivity contribution in [2.45, 2.75) is 19.6 Å². The normalized spacial score (nSPS) is 14.1. The van der Waals surface area contributed by atoms with Crippen LogP contribution in [0.2, 0.25) is 0 Å². The van der Waals surface area contributed by atoms with Crippen LogP contribution in [0.5, 0.6) is 0 Å². The molecule has 1 atom stereocenters. The van der Waals surface area contributed by atoms with Gasteiger partial charge in [-0.2, -0.15) is 0 Å². The maximum Gasteiger partial charge on any atom is 0.111 e. The van der Waals surface area contributed by atoms with Gasteiger partial charge in [0.2, 0.25) is 0 Å². The summed E-state index contributed by atoms with van der Waals surface area (Å²) in [6.45, 7) is 3.13. The summed E-state index contributed by atoms with van der Waals surface area (Å²) in [5.74, 6) is 0. The van der Waals surface area contributed by atoms with E-state index in [4.69, 9.17) is 10.5 Å². The highest BCUT2D eigenvalue weighted by Gasteiger charge is 2.08. The Labute approximate surface area is 63.1 Å². The molecule has 0 fully saturated rings. The fourth-order valence-corrected chi connectivity index (χ4v) is 0.806. The number of nitrogens with one attached hydrogen (secondary N) is 1. The maximum absolute atomic E-state index is 7.00. The molecule has 10 heavy (non-hydrogen) atoms. The summed E-state index contributed by atoms with van der Waals surface area (Å²) in [4.78, 5) is 2.00. The number of ether oxygens (including phenoxy) is 1. The van der Waals surface area contributed by atoms with E-state index in [9.17, 15) is 0 Å². The van der Waals surface area contributed by atoms with Crippen molar-refractivity contribution < 1.29 is 4.74 Å². The van der Waals surface area contributed by atoms with E-state index < -0.39 is 0 Å². The highest BCUT2D eigenvalue weighted by molar-refractivity contribution is 4.53. The smallest absolute Gasteiger partial charge is 0.111 e. The van der Waals surface area contributed by atoms with E-state index in [0.717, 1.165) is 13.0 Å². The van der Waals surface area contributed by atoms with E-state index in [1.807, 2.05) is 25.9 Å². The summed E-state index contributed by atoms with van der Waals surface area (Å²) in [6, 6.07) is 0. The number of hydrogen-bond donors (Lipinski definition) is 0. The highest BCUT2D eigenvalue weighted by atomic mass is 16.5. The SMILES string of the molecule is CCOC(CC[NH])N(C)C. The molecule has 0 aliphatic heterocycles. The summed E-state index contributed by atoms with van der Waals surface area (Å²) >= 11 is 0. The molecule has 0 heterocycles. The lowest BCUT2D eigenvalue weighted by molar-refractivity contribution is -0.0333. The van der Waals surface area contributed by atoms with Crippen molar-refractivity contribution in [1.29, 1.82) is 0 Å². The Balaban J connectivity index is 3.50. The minimum Gasteiger partial charge on any atom is -0.363 e. The molecule has 3 heteroatoms. The molecule has 0 bridgehead atoms. The number of nitrogens with zero attached hydrogens (tertiary/aromatic N) is 1. The second-order valence-corrected chi connectivity index (χ2v) is 2.41. The number of hydrogen-bond acceptors (Lipinski definition) is 2. The predicted molar refractivity (Wildman–Crippen MR) is 41.7 cm³/mol. The monoisotopic (exact) mass is 145 g/mol. The van der Waals surface area contributed by atoms with Crippen LogP contribution in [-0.4, -0.2) is 38.4 Å². The lowest BCUT2D eigenvalue weighted by Crippen LogP contribution is -2.31. The van der Waals surface area contributed by atoms with Crippen LogP contribution >= 0.6 is 0 Å². The molecule has 1 unspecified atom stereocenters. The van der Waals surface area contributed by atoms with Gasteiger partial charge in [-0.1, -0.05) is 0 Å². The van der Waals surface area contributed by atoms with Gasteiger partial charge in [0.25, 0.3) is 0 Å². The first-order valence-electron chi connectivity index (χ1n) is 3.65. The van der Waals surface area contributed by atoms with E-state index in [1.54, 1.807) is 0 Å². The highest BCUT2D eigenvalue weighted by Crippen LogP contribution is 1.99. The fourth-order valence-electron chi connectivity index (χ4n) is 0.806. The molecule has 0 spiro atoms. The predicted octanol–water partition coefficient (Wildman–Crippen LogP) is 0.584. The quantitative estimate of drug-likeness (QED) is 0.531. The first kappa shape index (κ1) is 9.88. The van der Waals surface area contributed by atoms with E-state index in [1.165, 1.54) is 0 Å². The van der Waals surface area contributed by atoms with Crippen LogP contribution in [0, 0.1) is 0 Å². The summed E-state index contributed by atoms with van der Waals surface area (Å²) in [5, 5.41) is 0. The lowest BCUT2D eigenvalue weighted by atomic mass is 10.3. The Morgan fingerprint density at radius 3 is 2.40 bits per heavy atom. The zero-order valence-electron chi connectivity index (χ0n) is 7.05.